The highest BCUT2D eigenvalue weighted by atomic mass is 15.1. The number of rotatable bonds is 2. The summed E-state index contributed by atoms with van der Waals surface area (Å²) in [6, 6.07) is 8.23. The van der Waals surface area contributed by atoms with Crippen LogP contribution in [0, 0.1) is 11.3 Å². The Kier molecular flexibility index (Phi) is 2.66. The molecule has 0 aliphatic heterocycles. The second-order valence-electron chi connectivity index (χ2n) is 4.16. The summed E-state index contributed by atoms with van der Waals surface area (Å²) in [7, 11) is 0. The summed E-state index contributed by atoms with van der Waals surface area (Å²) in [6.45, 7) is 6.41. The number of hydrogen-bond acceptors (Lipinski definition) is 2. The molecular weight excluding hydrogens is 198 g/mol. The van der Waals surface area contributed by atoms with Gasteiger partial charge in [0.2, 0.25) is 0 Å². The highest BCUT2D eigenvalue weighted by Crippen LogP contribution is 2.22. The Morgan fingerprint density at radius 2 is 2.19 bits per heavy atom. The number of fused-ring (bicyclic) bond motifs is 1. The van der Waals surface area contributed by atoms with Gasteiger partial charge >= 0.3 is 0 Å². The number of nitriles is 1. The molecule has 82 valence electrons. The minimum Gasteiger partial charge on any atom is -0.325 e. The Morgan fingerprint density at radius 3 is 2.75 bits per heavy atom. The van der Waals surface area contributed by atoms with E-state index in [9.17, 15) is 0 Å². The largest absolute Gasteiger partial charge is 0.325 e. The summed E-state index contributed by atoms with van der Waals surface area (Å²) in [5.74, 6) is 1.08. The van der Waals surface area contributed by atoms with E-state index in [1.165, 1.54) is 0 Å². The first-order valence-corrected chi connectivity index (χ1v) is 5.58. The monoisotopic (exact) mass is 213 g/mol. The first-order valence-electron chi connectivity index (χ1n) is 5.58. The van der Waals surface area contributed by atoms with Crippen LogP contribution in [0.25, 0.3) is 11.0 Å². The van der Waals surface area contributed by atoms with E-state index in [1.54, 1.807) is 0 Å². The molecule has 16 heavy (non-hydrogen) atoms. The highest BCUT2D eigenvalue weighted by molar-refractivity contribution is 5.78. The van der Waals surface area contributed by atoms with Gasteiger partial charge in [0.25, 0.3) is 0 Å². The van der Waals surface area contributed by atoms with E-state index in [4.69, 9.17) is 5.26 Å². The average Bonchev–Trinajstić information content (AvgIpc) is 2.65. The van der Waals surface area contributed by atoms with Gasteiger partial charge in [0.1, 0.15) is 5.82 Å². The fourth-order valence-electron chi connectivity index (χ4n) is 2.04. The molecule has 0 bridgehead atoms. The molecule has 1 aromatic heterocycles. The number of hydrogen-bond donors (Lipinski definition) is 0. The first-order chi connectivity index (χ1) is 7.67. The van der Waals surface area contributed by atoms with Gasteiger partial charge in [0, 0.05) is 12.5 Å². The molecule has 2 rings (SSSR count). The molecule has 0 saturated carbocycles. The van der Waals surface area contributed by atoms with E-state index in [1.807, 2.05) is 18.2 Å². The number of nitrogens with zero attached hydrogens (tertiary/aromatic N) is 3. The van der Waals surface area contributed by atoms with Crippen LogP contribution in [0.4, 0.5) is 0 Å². The number of aromatic nitrogens is 2. The van der Waals surface area contributed by atoms with Crippen molar-refractivity contribution in [2.24, 2.45) is 0 Å². The summed E-state index contributed by atoms with van der Waals surface area (Å²) in [4.78, 5) is 4.57. The molecular formula is C13H15N3. The molecule has 3 heteroatoms. The van der Waals surface area contributed by atoms with E-state index >= 15 is 0 Å². The van der Waals surface area contributed by atoms with Crippen molar-refractivity contribution >= 4 is 11.0 Å². The molecule has 0 radical (unpaired) electrons. The fourth-order valence-corrected chi connectivity index (χ4v) is 2.04. The third-order valence-corrected chi connectivity index (χ3v) is 2.72. The normalized spacial score (nSPS) is 10.9. The first kappa shape index (κ1) is 10.7. The lowest BCUT2D eigenvalue weighted by Crippen LogP contribution is -2.05. The maximum atomic E-state index is 8.85. The van der Waals surface area contributed by atoms with Crippen LogP contribution >= 0.6 is 0 Å². The third-order valence-electron chi connectivity index (χ3n) is 2.72. The number of imidazole rings is 1. The Hall–Kier alpha value is -1.82. The lowest BCUT2D eigenvalue weighted by Gasteiger charge is -2.11. The molecule has 1 heterocycles. The molecule has 0 amide bonds. The number of benzene rings is 1. The zero-order valence-electron chi connectivity index (χ0n) is 9.86. The SMILES string of the molecule is CCc1nc2cc(C#N)ccc2n1C(C)C. The predicted molar refractivity (Wildman–Crippen MR) is 64.2 cm³/mol. The quantitative estimate of drug-likeness (QED) is 0.769. The van der Waals surface area contributed by atoms with E-state index < -0.39 is 0 Å². The van der Waals surface area contributed by atoms with Crippen LogP contribution < -0.4 is 0 Å². The zero-order chi connectivity index (χ0) is 11.7. The van der Waals surface area contributed by atoms with Crippen molar-refractivity contribution < 1.29 is 0 Å². The van der Waals surface area contributed by atoms with E-state index in [2.05, 4.69) is 36.4 Å². The Balaban J connectivity index is 2.74. The molecule has 2 aromatic rings. The van der Waals surface area contributed by atoms with E-state index in [0.29, 0.717) is 11.6 Å². The third kappa shape index (κ3) is 1.57. The molecule has 0 saturated heterocycles. The van der Waals surface area contributed by atoms with Crippen molar-refractivity contribution in [1.29, 1.82) is 5.26 Å². The van der Waals surface area contributed by atoms with Gasteiger partial charge in [-0.1, -0.05) is 6.92 Å². The second-order valence-corrected chi connectivity index (χ2v) is 4.16. The van der Waals surface area contributed by atoms with Crippen molar-refractivity contribution in [3.63, 3.8) is 0 Å². The predicted octanol–water partition coefficient (Wildman–Crippen LogP) is 3.05. The van der Waals surface area contributed by atoms with Crippen molar-refractivity contribution in [1.82, 2.24) is 9.55 Å². The lowest BCUT2D eigenvalue weighted by atomic mass is 10.2. The summed E-state index contributed by atoms with van der Waals surface area (Å²) in [5, 5.41) is 8.85. The van der Waals surface area contributed by atoms with Crippen molar-refractivity contribution in [3.8, 4) is 6.07 Å². The van der Waals surface area contributed by atoms with Crippen LogP contribution in [-0.2, 0) is 6.42 Å². The minimum absolute atomic E-state index is 0.396. The van der Waals surface area contributed by atoms with Crippen molar-refractivity contribution in [2.45, 2.75) is 33.2 Å². The van der Waals surface area contributed by atoms with Gasteiger partial charge in [-0.05, 0) is 32.0 Å². The van der Waals surface area contributed by atoms with Gasteiger partial charge in [-0.15, -0.1) is 0 Å². The molecule has 0 fully saturated rings. The molecule has 0 aliphatic rings. The summed E-state index contributed by atoms with van der Waals surface area (Å²) in [5.41, 5.74) is 2.71. The minimum atomic E-state index is 0.396. The van der Waals surface area contributed by atoms with Crippen LogP contribution in [0.5, 0.6) is 0 Å². The molecule has 0 spiro atoms. The fraction of sp³-hybridized carbons (Fsp3) is 0.385. The summed E-state index contributed by atoms with van der Waals surface area (Å²) < 4.78 is 2.23. The van der Waals surface area contributed by atoms with Crippen LogP contribution in [0.2, 0.25) is 0 Å². The number of aryl methyl sites for hydroxylation is 1. The van der Waals surface area contributed by atoms with Gasteiger partial charge in [0.15, 0.2) is 0 Å². The Bertz CT molecular complexity index is 558. The van der Waals surface area contributed by atoms with Gasteiger partial charge in [-0.25, -0.2) is 4.98 Å². The molecule has 0 unspecified atom stereocenters. The van der Waals surface area contributed by atoms with E-state index in [0.717, 1.165) is 23.3 Å². The Labute approximate surface area is 95.3 Å². The van der Waals surface area contributed by atoms with Crippen LogP contribution in [0.3, 0.4) is 0 Å². The maximum absolute atomic E-state index is 8.85. The second kappa shape index (κ2) is 3.97. The molecule has 3 nitrogen and oxygen atoms in total. The zero-order valence-corrected chi connectivity index (χ0v) is 9.86. The molecule has 0 aliphatic carbocycles. The molecule has 0 atom stereocenters. The van der Waals surface area contributed by atoms with Crippen LogP contribution in [-0.4, -0.2) is 9.55 Å². The molecule has 1 aromatic carbocycles. The van der Waals surface area contributed by atoms with Crippen LogP contribution in [0.1, 0.15) is 38.2 Å². The van der Waals surface area contributed by atoms with E-state index in [-0.39, 0.29) is 0 Å². The standard InChI is InChI=1S/C13H15N3/c1-4-13-15-11-7-10(8-14)5-6-12(11)16(13)9(2)3/h5-7,9H,4H2,1-3H3. The highest BCUT2D eigenvalue weighted by Gasteiger charge is 2.11. The maximum Gasteiger partial charge on any atom is 0.109 e. The van der Waals surface area contributed by atoms with Crippen LogP contribution in [0.15, 0.2) is 18.2 Å². The van der Waals surface area contributed by atoms with Gasteiger partial charge in [0.05, 0.1) is 22.7 Å². The summed E-state index contributed by atoms with van der Waals surface area (Å²) in [6.07, 6.45) is 0.911. The molecule has 0 N–H and O–H groups in total. The lowest BCUT2D eigenvalue weighted by molar-refractivity contribution is 0.588. The van der Waals surface area contributed by atoms with Crippen molar-refractivity contribution in [2.75, 3.05) is 0 Å². The van der Waals surface area contributed by atoms with Gasteiger partial charge in [-0.3, -0.25) is 0 Å². The smallest absolute Gasteiger partial charge is 0.109 e. The van der Waals surface area contributed by atoms with Gasteiger partial charge < -0.3 is 4.57 Å². The summed E-state index contributed by atoms with van der Waals surface area (Å²) >= 11 is 0. The topological polar surface area (TPSA) is 41.6 Å². The van der Waals surface area contributed by atoms with Gasteiger partial charge in [-0.2, -0.15) is 5.26 Å². The van der Waals surface area contributed by atoms with Crippen molar-refractivity contribution in [3.05, 3.63) is 29.6 Å². The Morgan fingerprint density at radius 1 is 1.44 bits per heavy atom. The average molecular weight is 213 g/mol.